The summed E-state index contributed by atoms with van der Waals surface area (Å²) in [7, 11) is 0. The largest absolute Gasteiger partial charge is 0.490 e. The number of aryl methyl sites for hydroxylation is 1. The average Bonchev–Trinajstić information content (AvgIpc) is 3.49. The number of rotatable bonds is 8. The molecule has 1 aliphatic heterocycles. The Morgan fingerprint density at radius 1 is 1.32 bits per heavy atom. The highest BCUT2D eigenvalue weighted by atomic mass is 32.1. The van der Waals surface area contributed by atoms with Crippen molar-refractivity contribution in [2.45, 2.75) is 44.8 Å². The number of β-amino-alcohol motifs (C(OH)–C–C–N with tert-alkyl or cyclic N) is 1. The van der Waals surface area contributed by atoms with Crippen LogP contribution in [0.3, 0.4) is 0 Å². The number of nitrogens with zero attached hydrogens (tertiary/aromatic N) is 1. The van der Waals surface area contributed by atoms with Gasteiger partial charge in [0.1, 0.15) is 24.3 Å². The van der Waals surface area contributed by atoms with Crippen LogP contribution in [0.1, 0.15) is 41.0 Å². The standard InChI is InChI=1S/C26H31FN2O2S.C2H2O4/c1-17-13-26(32-25(17)8-7-18(2)27)20-10-12-29(19(3)14-20)15-21(30)16-31-24-6-4-5-23-22(24)9-11-28-23;3-1(4)2(5)6/h4-9,11,13,19-21,28,30H,2,10,12,14-16H2,1,3H3;(H,3,4)(H,5,6)/b8-7-;. The van der Waals surface area contributed by atoms with E-state index >= 15 is 0 Å². The Morgan fingerprint density at radius 3 is 2.71 bits per heavy atom. The number of likely N-dealkylation sites (tertiary alicyclic amines) is 1. The number of carboxylic acids is 2. The maximum absolute atomic E-state index is 13.0. The summed E-state index contributed by atoms with van der Waals surface area (Å²) in [6.07, 6.45) is 6.70. The Morgan fingerprint density at radius 2 is 2.05 bits per heavy atom. The van der Waals surface area contributed by atoms with E-state index in [1.807, 2.05) is 36.5 Å². The maximum atomic E-state index is 13.0. The van der Waals surface area contributed by atoms with Gasteiger partial charge in [0.2, 0.25) is 0 Å². The maximum Gasteiger partial charge on any atom is 0.414 e. The zero-order valence-electron chi connectivity index (χ0n) is 21.4. The van der Waals surface area contributed by atoms with E-state index in [1.165, 1.54) is 16.5 Å². The second-order valence-electron chi connectivity index (χ2n) is 9.31. The molecule has 0 saturated carbocycles. The van der Waals surface area contributed by atoms with E-state index in [0.29, 0.717) is 18.5 Å². The lowest BCUT2D eigenvalue weighted by atomic mass is 9.90. The van der Waals surface area contributed by atoms with Crippen LogP contribution in [0, 0.1) is 6.92 Å². The summed E-state index contributed by atoms with van der Waals surface area (Å²) < 4.78 is 18.9. The third kappa shape index (κ3) is 8.01. The Labute approximate surface area is 224 Å². The van der Waals surface area contributed by atoms with Crippen LogP contribution in [0.15, 0.2) is 55.0 Å². The highest BCUT2D eigenvalue weighted by molar-refractivity contribution is 7.13. The number of H-pyrrole nitrogens is 1. The summed E-state index contributed by atoms with van der Waals surface area (Å²) in [4.78, 5) is 26.2. The lowest BCUT2D eigenvalue weighted by Crippen LogP contribution is -2.45. The summed E-state index contributed by atoms with van der Waals surface area (Å²) in [5, 5.41) is 26.4. The van der Waals surface area contributed by atoms with Crippen molar-refractivity contribution in [2.24, 2.45) is 0 Å². The molecule has 1 saturated heterocycles. The average molecular weight is 545 g/mol. The lowest BCUT2D eigenvalue weighted by molar-refractivity contribution is -0.159. The van der Waals surface area contributed by atoms with Crippen LogP contribution in [0.5, 0.6) is 5.75 Å². The minimum Gasteiger partial charge on any atom is -0.490 e. The van der Waals surface area contributed by atoms with Crippen molar-refractivity contribution in [2.75, 3.05) is 19.7 Å². The van der Waals surface area contributed by atoms with Gasteiger partial charge in [0.05, 0.1) is 0 Å². The molecule has 2 aromatic heterocycles. The zero-order chi connectivity index (χ0) is 27.8. The highest BCUT2D eigenvalue weighted by Gasteiger charge is 2.29. The Hall–Kier alpha value is -3.47. The monoisotopic (exact) mass is 544 g/mol. The van der Waals surface area contributed by atoms with Gasteiger partial charge in [0, 0.05) is 39.4 Å². The number of aromatic nitrogens is 1. The molecule has 0 aliphatic carbocycles. The number of ether oxygens (including phenoxy) is 1. The SMILES string of the molecule is C=C(F)/C=C\c1sc(C2CCN(CC(O)COc3cccc4[nH]ccc34)C(C)C2)cc1C.O=C(O)C(=O)O. The van der Waals surface area contributed by atoms with Gasteiger partial charge in [-0.2, -0.15) is 0 Å². The Bertz CT molecular complexity index is 1290. The third-order valence-corrected chi connectivity index (χ3v) is 7.79. The first-order chi connectivity index (χ1) is 18.0. The molecule has 4 rings (SSSR count). The van der Waals surface area contributed by atoms with E-state index in [4.69, 9.17) is 24.5 Å². The molecule has 0 spiro atoms. The van der Waals surface area contributed by atoms with Gasteiger partial charge in [-0.05, 0) is 81.1 Å². The Balaban J connectivity index is 0.000000599. The number of piperidine rings is 1. The number of carboxylic acid groups (broad SMARTS) is 2. The van der Waals surface area contributed by atoms with Crippen molar-refractivity contribution in [1.29, 1.82) is 0 Å². The van der Waals surface area contributed by atoms with Gasteiger partial charge < -0.3 is 25.0 Å². The summed E-state index contributed by atoms with van der Waals surface area (Å²) in [5.41, 5.74) is 2.22. The van der Waals surface area contributed by atoms with E-state index in [-0.39, 0.29) is 6.61 Å². The predicted octanol–water partition coefficient (Wildman–Crippen LogP) is 5.20. The number of hydrogen-bond donors (Lipinski definition) is 4. The molecule has 10 heteroatoms. The first-order valence-electron chi connectivity index (χ1n) is 12.2. The van der Waals surface area contributed by atoms with E-state index in [2.05, 4.69) is 36.4 Å². The van der Waals surface area contributed by atoms with Crippen LogP contribution in [0.4, 0.5) is 4.39 Å². The Kier molecular flexibility index (Phi) is 10.2. The molecule has 38 heavy (non-hydrogen) atoms. The first-order valence-corrected chi connectivity index (χ1v) is 13.1. The van der Waals surface area contributed by atoms with E-state index in [9.17, 15) is 9.50 Å². The van der Waals surface area contributed by atoms with Crippen LogP contribution >= 0.6 is 11.3 Å². The molecule has 0 amide bonds. The smallest absolute Gasteiger partial charge is 0.414 e. The lowest BCUT2D eigenvalue weighted by Gasteiger charge is -2.38. The van der Waals surface area contributed by atoms with Crippen LogP contribution in [-0.4, -0.2) is 69.0 Å². The molecule has 204 valence electrons. The van der Waals surface area contributed by atoms with Crippen LogP contribution in [-0.2, 0) is 9.59 Å². The molecule has 1 aromatic carbocycles. The van der Waals surface area contributed by atoms with Gasteiger partial charge in [-0.1, -0.05) is 12.6 Å². The molecule has 3 unspecified atom stereocenters. The van der Waals surface area contributed by atoms with Crippen molar-refractivity contribution < 1.29 is 34.0 Å². The van der Waals surface area contributed by atoms with Crippen molar-refractivity contribution >= 4 is 40.3 Å². The number of thiophene rings is 1. The second-order valence-corrected chi connectivity index (χ2v) is 10.4. The van der Waals surface area contributed by atoms with Crippen molar-refractivity contribution in [1.82, 2.24) is 9.88 Å². The number of allylic oxidation sites excluding steroid dienone is 2. The van der Waals surface area contributed by atoms with Gasteiger partial charge in [0.15, 0.2) is 0 Å². The number of fused-ring (bicyclic) bond motifs is 1. The van der Waals surface area contributed by atoms with Crippen LogP contribution in [0.2, 0.25) is 0 Å². The van der Waals surface area contributed by atoms with E-state index < -0.39 is 23.9 Å². The van der Waals surface area contributed by atoms with Crippen molar-refractivity contribution in [3.8, 4) is 5.75 Å². The molecule has 0 radical (unpaired) electrons. The number of hydrogen-bond acceptors (Lipinski definition) is 6. The summed E-state index contributed by atoms with van der Waals surface area (Å²) >= 11 is 1.75. The second kappa shape index (κ2) is 13.4. The van der Waals surface area contributed by atoms with Gasteiger partial charge in [-0.25, -0.2) is 14.0 Å². The number of nitrogens with one attached hydrogen (secondary N) is 1. The first kappa shape index (κ1) is 29.1. The fraction of sp³-hybridized carbons (Fsp3) is 0.357. The summed E-state index contributed by atoms with van der Waals surface area (Å²) in [6, 6.07) is 10.5. The molecule has 3 aromatic rings. The number of benzene rings is 1. The van der Waals surface area contributed by atoms with Crippen LogP contribution in [0.25, 0.3) is 17.0 Å². The quantitative estimate of drug-likeness (QED) is 0.227. The van der Waals surface area contributed by atoms with E-state index in [0.717, 1.165) is 40.9 Å². The summed E-state index contributed by atoms with van der Waals surface area (Å²) in [5.74, 6) is -2.78. The molecular weight excluding hydrogens is 511 g/mol. The molecule has 8 nitrogen and oxygen atoms in total. The number of aromatic amines is 1. The van der Waals surface area contributed by atoms with Crippen LogP contribution < -0.4 is 4.74 Å². The predicted molar refractivity (Wildman–Crippen MR) is 146 cm³/mol. The molecule has 3 atom stereocenters. The number of halogens is 1. The van der Waals surface area contributed by atoms with Gasteiger partial charge in [-0.15, -0.1) is 11.3 Å². The minimum atomic E-state index is -1.82. The molecule has 3 heterocycles. The topological polar surface area (TPSA) is 123 Å². The number of aliphatic carboxylic acids is 2. The number of aliphatic hydroxyl groups is 1. The van der Waals surface area contributed by atoms with Gasteiger partial charge in [-0.3, -0.25) is 4.90 Å². The fourth-order valence-electron chi connectivity index (χ4n) is 4.50. The number of aliphatic hydroxyl groups excluding tert-OH is 1. The molecular formula is C28H33FN2O6S. The third-order valence-electron chi connectivity index (χ3n) is 6.42. The van der Waals surface area contributed by atoms with Gasteiger partial charge >= 0.3 is 11.9 Å². The van der Waals surface area contributed by atoms with Crippen molar-refractivity contribution in [3.63, 3.8) is 0 Å². The van der Waals surface area contributed by atoms with E-state index in [1.54, 1.807) is 11.3 Å². The van der Waals surface area contributed by atoms with Gasteiger partial charge in [0.25, 0.3) is 0 Å². The molecule has 4 N–H and O–H groups in total. The number of carbonyl (C=O) groups is 2. The molecule has 1 fully saturated rings. The highest BCUT2D eigenvalue weighted by Crippen LogP contribution is 2.37. The zero-order valence-corrected chi connectivity index (χ0v) is 22.2. The molecule has 1 aliphatic rings. The summed E-state index contributed by atoms with van der Waals surface area (Å²) in [6.45, 7) is 9.42. The van der Waals surface area contributed by atoms with Crippen molar-refractivity contribution in [3.05, 3.63) is 70.3 Å². The fourth-order valence-corrected chi connectivity index (χ4v) is 5.72. The normalized spacial score (nSPS) is 18.6. The molecule has 0 bridgehead atoms. The minimum absolute atomic E-state index is 0.274.